The van der Waals surface area contributed by atoms with E-state index in [4.69, 9.17) is 44.3 Å². The Morgan fingerprint density at radius 1 is 0.968 bits per heavy atom. The number of rotatable bonds is 5. The number of methoxy groups -OCH3 is 1. The smallest absolute Gasteiger partial charge is 0.189 e. The molecule has 0 bridgehead atoms. The first-order valence-corrected chi connectivity index (χ1v) is 10.9. The maximum Gasteiger partial charge on any atom is 0.189 e. The molecule has 1 aliphatic rings. The monoisotopic (exact) mass is 472 g/mol. The standard InChI is InChI=1S/C25H19Cl3O3/c1-30-23-11-15(10-17-9-8-16-4-2-3-5-20(16)24(17)29)6-7-18(23)14-31-25-21(27)12-19(26)13-22(25)28/h2-7,10-13H,8-9,14H2,1H3. The number of carbonyl (C=O) groups is 1. The zero-order chi connectivity index (χ0) is 22.0. The molecule has 0 atom stereocenters. The molecule has 3 nitrogen and oxygen atoms in total. The van der Waals surface area contributed by atoms with Crippen molar-refractivity contribution in [1.82, 2.24) is 0 Å². The average molecular weight is 474 g/mol. The SMILES string of the molecule is COc1cc(C=C2CCc3ccccc3C2=O)ccc1COc1c(Cl)cc(Cl)cc1Cl. The van der Waals surface area contributed by atoms with Gasteiger partial charge in [-0.05, 0) is 48.2 Å². The number of ether oxygens (including phenoxy) is 2. The molecule has 0 fully saturated rings. The van der Waals surface area contributed by atoms with Gasteiger partial charge in [0.15, 0.2) is 11.5 Å². The highest BCUT2D eigenvalue weighted by Crippen LogP contribution is 2.37. The van der Waals surface area contributed by atoms with Crippen molar-refractivity contribution in [2.24, 2.45) is 0 Å². The molecule has 0 spiro atoms. The molecule has 158 valence electrons. The second-order valence-electron chi connectivity index (χ2n) is 7.21. The lowest BCUT2D eigenvalue weighted by atomic mass is 9.86. The van der Waals surface area contributed by atoms with Crippen molar-refractivity contribution in [3.8, 4) is 11.5 Å². The summed E-state index contributed by atoms with van der Waals surface area (Å²) < 4.78 is 11.4. The van der Waals surface area contributed by atoms with Crippen molar-refractivity contribution in [3.05, 3.63) is 97.5 Å². The van der Waals surface area contributed by atoms with Gasteiger partial charge in [0.25, 0.3) is 0 Å². The first kappa shape index (κ1) is 21.8. The molecule has 3 aromatic carbocycles. The van der Waals surface area contributed by atoms with Gasteiger partial charge < -0.3 is 9.47 Å². The summed E-state index contributed by atoms with van der Waals surface area (Å²) in [6.07, 6.45) is 3.51. The summed E-state index contributed by atoms with van der Waals surface area (Å²) in [6, 6.07) is 16.7. The minimum absolute atomic E-state index is 0.0836. The summed E-state index contributed by atoms with van der Waals surface area (Å²) in [5, 5.41) is 1.13. The number of halogens is 3. The molecule has 0 saturated carbocycles. The molecule has 6 heteroatoms. The first-order valence-electron chi connectivity index (χ1n) is 9.73. The van der Waals surface area contributed by atoms with E-state index >= 15 is 0 Å². The zero-order valence-corrected chi connectivity index (χ0v) is 19.0. The molecule has 3 aromatic rings. The van der Waals surface area contributed by atoms with Crippen LogP contribution in [0.4, 0.5) is 0 Å². The van der Waals surface area contributed by atoms with Gasteiger partial charge in [0.1, 0.15) is 12.4 Å². The number of ketones is 1. The van der Waals surface area contributed by atoms with Crippen molar-refractivity contribution < 1.29 is 14.3 Å². The van der Waals surface area contributed by atoms with Crippen LogP contribution in [0.3, 0.4) is 0 Å². The highest BCUT2D eigenvalue weighted by atomic mass is 35.5. The highest BCUT2D eigenvalue weighted by Gasteiger charge is 2.21. The van der Waals surface area contributed by atoms with Crippen LogP contribution in [0.5, 0.6) is 11.5 Å². The lowest BCUT2D eigenvalue weighted by Gasteiger charge is -2.17. The lowest BCUT2D eigenvalue weighted by molar-refractivity contribution is 0.102. The van der Waals surface area contributed by atoms with Gasteiger partial charge in [-0.3, -0.25) is 4.79 Å². The minimum atomic E-state index is 0.0836. The molecule has 0 saturated heterocycles. The van der Waals surface area contributed by atoms with Gasteiger partial charge in [0.2, 0.25) is 0 Å². The molecule has 0 aliphatic heterocycles. The number of fused-ring (bicyclic) bond motifs is 1. The number of hydrogen-bond donors (Lipinski definition) is 0. The largest absolute Gasteiger partial charge is 0.496 e. The molecule has 31 heavy (non-hydrogen) atoms. The quantitative estimate of drug-likeness (QED) is 0.361. The molecular weight excluding hydrogens is 455 g/mol. The summed E-state index contributed by atoms with van der Waals surface area (Å²) >= 11 is 18.3. The number of allylic oxidation sites excluding steroid dienone is 1. The van der Waals surface area contributed by atoms with Crippen molar-refractivity contribution in [2.45, 2.75) is 19.4 Å². The van der Waals surface area contributed by atoms with Crippen LogP contribution < -0.4 is 9.47 Å². The van der Waals surface area contributed by atoms with Crippen LogP contribution >= 0.6 is 34.8 Å². The van der Waals surface area contributed by atoms with E-state index in [-0.39, 0.29) is 12.4 Å². The second kappa shape index (κ2) is 9.35. The van der Waals surface area contributed by atoms with E-state index in [1.54, 1.807) is 19.2 Å². The summed E-state index contributed by atoms with van der Waals surface area (Å²) in [6.45, 7) is 0.216. The summed E-state index contributed by atoms with van der Waals surface area (Å²) in [4.78, 5) is 12.8. The van der Waals surface area contributed by atoms with Gasteiger partial charge >= 0.3 is 0 Å². The number of Topliss-reactive ketones (excluding diaryl/α,β-unsaturated/α-hetero) is 1. The van der Waals surface area contributed by atoms with Crippen molar-refractivity contribution in [1.29, 1.82) is 0 Å². The van der Waals surface area contributed by atoms with Crippen LogP contribution in [-0.4, -0.2) is 12.9 Å². The molecule has 0 radical (unpaired) electrons. The van der Waals surface area contributed by atoms with E-state index in [9.17, 15) is 4.79 Å². The Morgan fingerprint density at radius 3 is 2.45 bits per heavy atom. The van der Waals surface area contributed by atoms with Gasteiger partial charge in [0.05, 0.1) is 17.2 Å². The fourth-order valence-electron chi connectivity index (χ4n) is 3.64. The van der Waals surface area contributed by atoms with Crippen molar-refractivity contribution in [3.63, 3.8) is 0 Å². The minimum Gasteiger partial charge on any atom is -0.496 e. The summed E-state index contributed by atoms with van der Waals surface area (Å²) in [7, 11) is 1.60. The van der Waals surface area contributed by atoms with Crippen LogP contribution in [0, 0.1) is 0 Å². The molecule has 0 N–H and O–H groups in total. The van der Waals surface area contributed by atoms with E-state index < -0.39 is 0 Å². The Kier molecular flexibility index (Phi) is 6.57. The number of benzene rings is 3. The fraction of sp³-hybridized carbons (Fsp3) is 0.160. The number of aryl methyl sites for hydroxylation is 1. The maximum atomic E-state index is 12.8. The fourth-order valence-corrected chi connectivity index (χ4v) is 4.57. The van der Waals surface area contributed by atoms with Gasteiger partial charge in [-0.15, -0.1) is 0 Å². The highest BCUT2D eigenvalue weighted by molar-refractivity contribution is 6.40. The van der Waals surface area contributed by atoms with Crippen LogP contribution in [0.1, 0.15) is 33.5 Å². The van der Waals surface area contributed by atoms with Crippen LogP contribution in [-0.2, 0) is 13.0 Å². The molecule has 0 heterocycles. The lowest BCUT2D eigenvalue weighted by Crippen LogP contribution is -2.13. The van der Waals surface area contributed by atoms with E-state index in [1.807, 2.05) is 48.5 Å². The molecule has 1 aliphatic carbocycles. The van der Waals surface area contributed by atoms with Crippen LogP contribution in [0.25, 0.3) is 6.08 Å². The van der Waals surface area contributed by atoms with Crippen molar-refractivity contribution in [2.75, 3.05) is 7.11 Å². The third-order valence-corrected chi connectivity index (χ3v) is 5.98. The van der Waals surface area contributed by atoms with Crippen LogP contribution in [0.15, 0.2) is 60.2 Å². The third-order valence-electron chi connectivity index (χ3n) is 5.20. The Morgan fingerprint density at radius 2 is 1.71 bits per heavy atom. The second-order valence-corrected chi connectivity index (χ2v) is 8.47. The van der Waals surface area contributed by atoms with E-state index in [0.717, 1.165) is 40.7 Å². The summed E-state index contributed by atoms with van der Waals surface area (Å²) in [5.74, 6) is 1.10. The van der Waals surface area contributed by atoms with Gasteiger partial charge in [-0.25, -0.2) is 0 Å². The van der Waals surface area contributed by atoms with Gasteiger partial charge in [-0.2, -0.15) is 0 Å². The number of carbonyl (C=O) groups excluding carboxylic acids is 1. The van der Waals surface area contributed by atoms with Gasteiger partial charge in [0, 0.05) is 21.7 Å². The predicted octanol–water partition coefficient (Wildman–Crippen LogP) is 7.45. The Bertz CT molecular complexity index is 1160. The molecule has 4 rings (SSSR count). The molecule has 0 unspecified atom stereocenters. The van der Waals surface area contributed by atoms with Crippen molar-refractivity contribution >= 4 is 46.7 Å². The Labute approximate surface area is 196 Å². The first-order chi connectivity index (χ1) is 15.0. The zero-order valence-electron chi connectivity index (χ0n) is 16.8. The summed E-state index contributed by atoms with van der Waals surface area (Å²) in [5.41, 5.74) is 4.41. The topological polar surface area (TPSA) is 35.5 Å². The third kappa shape index (κ3) is 4.74. The van der Waals surface area contributed by atoms with E-state index in [2.05, 4.69) is 0 Å². The average Bonchev–Trinajstić information content (AvgIpc) is 2.75. The Balaban J connectivity index is 1.55. The molecular formula is C25H19Cl3O3. The normalized spacial score (nSPS) is 14.5. The number of hydrogen-bond acceptors (Lipinski definition) is 3. The predicted molar refractivity (Wildman–Crippen MR) is 126 cm³/mol. The van der Waals surface area contributed by atoms with E-state index in [1.165, 1.54) is 0 Å². The van der Waals surface area contributed by atoms with E-state index in [0.29, 0.717) is 26.6 Å². The maximum absolute atomic E-state index is 12.8. The molecule has 0 amide bonds. The Hall–Kier alpha value is -2.46. The van der Waals surface area contributed by atoms with Crippen LogP contribution in [0.2, 0.25) is 15.1 Å². The molecule has 0 aromatic heterocycles. The van der Waals surface area contributed by atoms with Gasteiger partial charge in [-0.1, -0.05) is 71.2 Å².